The standard InChI is InChI=1S/C18H14ClF2N3O4S/c1-9-16(15-12(20)4-3-5-13(15)21)23-17(22-9)18(25)24-29(26,27)14-8-10(28-2)6-7-11(14)19/h3-8H,1-2H3,(H,22,23)(H,24,25). The van der Waals surface area contributed by atoms with Crippen LogP contribution in [0, 0.1) is 18.6 Å². The molecule has 0 saturated heterocycles. The quantitative estimate of drug-likeness (QED) is 0.631. The largest absolute Gasteiger partial charge is 0.497 e. The Morgan fingerprint density at radius 3 is 2.48 bits per heavy atom. The van der Waals surface area contributed by atoms with E-state index in [0.717, 1.165) is 18.2 Å². The van der Waals surface area contributed by atoms with Crippen LogP contribution in [0.3, 0.4) is 0 Å². The van der Waals surface area contributed by atoms with Gasteiger partial charge in [0, 0.05) is 11.8 Å². The first-order valence-electron chi connectivity index (χ1n) is 8.05. The lowest BCUT2D eigenvalue weighted by Crippen LogP contribution is -2.31. The molecule has 0 atom stereocenters. The monoisotopic (exact) mass is 441 g/mol. The van der Waals surface area contributed by atoms with Crippen molar-refractivity contribution in [2.24, 2.45) is 0 Å². The van der Waals surface area contributed by atoms with E-state index in [2.05, 4.69) is 9.97 Å². The highest BCUT2D eigenvalue weighted by Gasteiger charge is 2.26. The van der Waals surface area contributed by atoms with Gasteiger partial charge in [0.15, 0.2) is 5.82 Å². The third kappa shape index (κ3) is 4.08. The minimum absolute atomic E-state index is 0.129. The normalized spacial score (nSPS) is 11.3. The molecule has 0 bridgehead atoms. The average Bonchev–Trinajstić information content (AvgIpc) is 3.03. The molecule has 11 heteroatoms. The Kier molecular flexibility index (Phi) is 5.58. The van der Waals surface area contributed by atoms with Crippen LogP contribution >= 0.6 is 11.6 Å². The molecular formula is C18H14ClF2N3O4S. The maximum Gasteiger partial charge on any atom is 0.300 e. The van der Waals surface area contributed by atoms with Crippen molar-refractivity contribution in [3.05, 3.63) is 64.6 Å². The number of imidazole rings is 1. The van der Waals surface area contributed by atoms with E-state index in [9.17, 15) is 22.0 Å². The molecule has 0 spiro atoms. The summed E-state index contributed by atoms with van der Waals surface area (Å²) in [7, 11) is -3.03. The van der Waals surface area contributed by atoms with Gasteiger partial charge in [0.2, 0.25) is 0 Å². The summed E-state index contributed by atoms with van der Waals surface area (Å²) in [6.07, 6.45) is 0. The van der Waals surface area contributed by atoms with Gasteiger partial charge in [-0.1, -0.05) is 17.7 Å². The number of H-pyrrole nitrogens is 1. The first-order valence-corrected chi connectivity index (χ1v) is 9.92. The van der Waals surface area contributed by atoms with Crippen LogP contribution in [0.2, 0.25) is 5.02 Å². The Bertz CT molecular complexity index is 1190. The Balaban J connectivity index is 1.95. The Labute approximate surface area is 169 Å². The molecule has 3 rings (SSSR count). The van der Waals surface area contributed by atoms with Gasteiger partial charge in [0.25, 0.3) is 10.0 Å². The average molecular weight is 442 g/mol. The summed E-state index contributed by atoms with van der Waals surface area (Å²) in [6, 6.07) is 7.17. The molecule has 0 aliphatic rings. The van der Waals surface area contributed by atoms with E-state index >= 15 is 0 Å². The second kappa shape index (κ2) is 7.80. The number of rotatable bonds is 5. The Hall–Kier alpha value is -2.98. The molecule has 0 saturated carbocycles. The smallest absolute Gasteiger partial charge is 0.300 e. The number of aromatic nitrogens is 2. The molecule has 2 aromatic carbocycles. The van der Waals surface area contributed by atoms with E-state index in [1.165, 1.54) is 32.2 Å². The van der Waals surface area contributed by atoms with E-state index in [1.807, 2.05) is 4.72 Å². The number of hydrogen-bond acceptors (Lipinski definition) is 5. The van der Waals surface area contributed by atoms with E-state index in [4.69, 9.17) is 16.3 Å². The predicted octanol–water partition coefficient (Wildman–Crippen LogP) is 3.44. The summed E-state index contributed by atoms with van der Waals surface area (Å²) in [4.78, 5) is 18.4. The Morgan fingerprint density at radius 1 is 1.21 bits per heavy atom. The maximum absolute atomic E-state index is 14.0. The van der Waals surface area contributed by atoms with Gasteiger partial charge in [-0.05, 0) is 31.2 Å². The van der Waals surface area contributed by atoms with Crippen molar-refractivity contribution < 1.29 is 26.7 Å². The van der Waals surface area contributed by atoms with Crippen LogP contribution < -0.4 is 9.46 Å². The summed E-state index contributed by atoms with van der Waals surface area (Å²) in [5, 5.41) is -0.129. The van der Waals surface area contributed by atoms with Crippen molar-refractivity contribution >= 4 is 27.5 Å². The number of methoxy groups -OCH3 is 1. The number of hydrogen-bond donors (Lipinski definition) is 2. The predicted molar refractivity (Wildman–Crippen MR) is 101 cm³/mol. The van der Waals surface area contributed by atoms with Crippen molar-refractivity contribution in [2.45, 2.75) is 11.8 Å². The van der Waals surface area contributed by atoms with Crippen molar-refractivity contribution in [2.75, 3.05) is 7.11 Å². The zero-order valence-corrected chi connectivity index (χ0v) is 16.7. The van der Waals surface area contributed by atoms with E-state index in [-0.39, 0.29) is 27.1 Å². The van der Waals surface area contributed by atoms with Crippen LogP contribution in [0.4, 0.5) is 8.78 Å². The fourth-order valence-electron chi connectivity index (χ4n) is 2.58. The van der Waals surface area contributed by atoms with Gasteiger partial charge in [-0.25, -0.2) is 26.9 Å². The number of carbonyl (C=O) groups is 1. The first kappa shape index (κ1) is 20.7. The molecule has 29 heavy (non-hydrogen) atoms. The number of nitrogens with one attached hydrogen (secondary N) is 2. The minimum atomic E-state index is -4.38. The van der Waals surface area contributed by atoms with Crippen LogP contribution in [0.1, 0.15) is 16.3 Å². The number of aromatic amines is 1. The van der Waals surface area contributed by atoms with Gasteiger partial charge in [-0.3, -0.25) is 4.79 Å². The van der Waals surface area contributed by atoms with Crippen LogP contribution in [0.15, 0.2) is 41.3 Å². The topological polar surface area (TPSA) is 101 Å². The number of ether oxygens (including phenoxy) is 1. The highest BCUT2D eigenvalue weighted by molar-refractivity contribution is 7.90. The molecule has 0 radical (unpaired) electrons. The number of aryl methyl sites for hydroxylation is 1. The van der Waals surface area contributed by atoms with Crippen molar-refractivity contribution in [1.82, 2.24) is 14.7 Å². The molecule has 1 amide bonds. The van der Waals surface area contributed by atoms with Crippen LogP contribution in [0.25, 0.3) is 11.3 Å². The molecular weight excluding hydrogens is 428 g/mol. The highest BCUT2D eigenvalue weighted by Crippen LogP contribution is 2.28. The summed E-state index contributed by atoms with van der Waals surface area (Å²) in [5.74, 6) is -3.10. The van der Waals surface area contributed by atoms with Crippen molar-refractivity contribution in [3.63, 3.8) is 0 Å². The van der Waals surface area contributed by atoms with Gasteiger partial charge in [0.05, 0.1) is 23.4 Å². The summed E-state index contributed by atoms with van der Waals surface area (Å²) >= 11 is 5.92. The van der Waals surface area contributed by atoms with Crippen molar-refractivity contribution in [3.8, 4) is 17.0 Å². The van der Waals surface area contributed by atoms with Gasteiger partial charge in [-0.15, -0.1) is 0 Å². The van der Waals surface area contributed by atoms with E-state index in [0.29, 0.717) is 0 Å². The van der Waals surface area contributed by atoms with Gasteiger partial charge in [0.1, 0.15) is 22.3 Å². The Morgan fingerprint density at radius 2 is 1.86 bits per heavy atom. The third-order valence-corrected chi connectivity index (χ3v) is 5.77. The van der Waals surface area contributed by atoms with Crippen LogP contribution in [-0.2, 0) is 10.0 Å². The number of nitrogens with zero attached hydrogens (tertiary/aromatic N) is 1. The highest BCUT2D eigenvalue weighted by atomic mass is 35.5. The van der Waals surface area contributed by atoms with Gasteiger partial charge in [-0.2, -0.15) is 0 Å². The van der Waals surface area contributed by atoms with Crippen molar-refractivity contribution in [1.29, 1.82) is 0 Å². The number of sulfonamides is 1. The lowest BCUT2D eigenvalue weighted by Gasteiger charge is -2.09. The number of benzene rings is 2. The zero-order chi connectivity index (χ0) is 21.3. The fourth-order valence-corrected chi connectivity index (χ4v) is 4.05. The number of amides is 1. The summed E-state index contributed by atoms with van der Waals surface area (Å²) < 4.78 is 59.9. The second-order valence-corrected chi connectivity index (χ2v) is 7.94. The van der Waals surface area contributed by atoms with E-state index < -0.39 is 39.0 Å². The molecule has 0 unspecified atom stereocenters. The number of carbonyl (C=O) groups excluding carboxylic acids is 1. The SMILES string of the molecule is COc1ccc(Cl)c(S(=O)(=O)NC(=O)c2nc(-c3c(F)cccc3F)c(C)[nH]2)c1. The maximum atomic E-state index is 14.0. The molecule has 0 aliphatic heterocycles. The molecule has 7 nitrogen and oxygen atoms in total. The molecule has 1 aromatic heterocycles. The third-order valence-electron chi connectivity index (χ3n) is 3.95. The van der Waals surface area contributed by atoms with E-state index in [1.54, 1.807) is 0 Å². The first-order chi connectivity index (χ1) is 13.6. The fraction of sp³-hybridized carbons (Fsp3) is 0.111. The van der Waals surface area contributed by atoms with Gasteiger partial charge >= 0.3 is 5.91 Å². The molecule has 2 N–H and O–H groups in total. The van der Waals surface area contributed by atoms with Crippen LogP contribution in [0.5, 0.6) is 5.75 Å². The van der Waals surface area contributed by atoms with Gasteiger partial charge < -0.3 is 9.72 Å². The lowest BCUT2D eigenvalue weighted by molar-refractivity contribution is 0.0972. The zero-order valence-electron chi connectivity index (χ0n) is 15.1. The molecule has 1 heterocycles. The summed E-state index contributed by atoms with van der Waals surface area (Å²) in [5.41, 5.74) is -0.405. The molecule has 0 aliphatic carbocycles. The minimum Gasteiger partial charge on any atom is -0.497 e. The molecule has 3 aromatic rings. The second-order valence-electron chi connectivity index (χ2n) is 5.89. The molecule has 152 valence electrons. The summed E-state index contributed by atoms with van der Waals surface area (Å²) in [6.45, 7) is 1.44. The van der Waals surface area contributed by atoms with Crippen LogP contribution in [-0.4, -0.2) is 31.4 Å². The lowest BCUT2D eigenvalue weighted by atomic mass is 10.1. The number of halogens is 3. The molecule has 0 fully saturated rings.